The van der Waals surface area contributed by atoms with Gasteiger partial charge in [0.25, 0.3) is 5.91 Å². The van der Waals surface area contributed by atoms with Crippen LogP contribution in [0.25, 0.3) is 16.5 Å². The molecule has 0 radical (unpaired) electrons. The Hall–Kier alpha value is -2.37. The molecule has 4 nitrogen and oxygen atoms in total. The highest BCUT2D eigenvalue weighted by Gasteiger charge is 2.17. The van der Waals surface area contributed by atoms with Gasteiger partial charge in [-0.15, -0.1) is 11.3 Å². The molecule has 4 rings (SSSR count). The van der Waals surface area contributed by atoms with Gasteiger partial charge >= 0.3 is 0 Å². The minimum atomic E-state index is -0.0531. The van der Waals surface area contributed by atoms with Crippen LogP contribution in [-0.2, 0) is 0 Å². The monoisotopic (exact) mass is 379 g/mol. The van der Waals surface area contributed by atoms with Gasteiger partial charge in [-0.2, -0.15) is 0 Å². The third kappa shape index (κ3) is 3.99. The van der Waals surface area contributed by atoms with E-state index >= 15 is 0 Å². The SMILES string of the molecule is CC(C)CN1CC=C(c2c[nH]c3ccc(NC(=O)c4cccs4)cc23)CC1. The summed E-state index contributed by atoms with van der Waals surface area (Å²) in [5.74, 6) is 0.644. The first-order valence-corrected chi connectivity index (χ1v) is 10.4. The van der Waals surface area contributed by atoms with Crippen LogP contribution in [0, 0.1) is 5.92 Å². The summed E-state index contributed by atoms with van der Waals surface area (Å²) < 4.78 is 0. The molecular weight excluding hydrogens is 354 g/mol. The van der Waals surface area contributed by atoms with Crippen molar-refractivity contribution in [1.82, 2.24) is 9.88 Å². The maximum absolute atomic E-state index is 12.3. The maximum atomic E-state index is 12.3. The van der Waals surface area contributed by atoms with Crippen molar-refractivity contribution in [2.75, 3.05) is 25.0 Å². The Morgan fingerprint density at radius 1 is 1.33 bits per heavy atom. The number of aromatic amines is 1. The fourth-order valence-corrected chi connectivity index (χ4v) is 4.32. The van der Waals surface area contributed by atoms with Crippen LogP contribution in [0.3, 0.4) is 0 Å². The first-order chi connectivity index (χ1) is 13.1. The van der Waals surface area contributed by atoms with E-state index in [-0.39, 0.29) is 5.91 Å². The number of rotatable bonds is 5. The molecule has 5 heteroatoms. The number of hydrogen-bond donors (Lipinski definition) is 2. The first-order valence-electron chi connectivity index (χ1n) is 9.48. The molecule has 0 bridgehead atoms. The molecule has 2 aromatic heterocycles. The summed E-state index contributed by atoms with van der Waals surface area (Å²) in [6.07, 6.45) is 5.51. The Morgan fingerprint density at radius 2 is 2.22 bits per heavy atom. The third-order valence-electron chi connectivity index (χ3n) is 4.95. The highest BCUT2D eigenvalue weighted by Crippen LogP contribution is 2.31. The van der Waals surface area contributed by atoms with Crippen LogP contribution in [0.4, 0.5) is 5.69 Å². The molecule has 0 spiro atoms. The highest BCUT2D eigenvalue weighted by molar-refractivity contribution is 7.12. The van der Waals surface area contributed by atoms with Gasteiger partial charge in [-0.25, -0.2) is 0 Å². The lowest BCUT2D eigenvalue weighted by atomic mass is 9.98. The molecule has 0 saturated heterocycles. The molecule has 1 aliphatic rings. The van der Waals surface area contributed by atoms with E-state index in [1.807, 2.05) is 29.6 Å². The minimum absolute atomic E-state index is 0.0531. The minimum Gasteiger partial charge on any atom is -0.361 e. The summed E-state index contributed by atoms with van der Waals surface area (Å²) in [5.41, 5.74) is 4.58. The molecule has 27 heavy (non-hydrogen) atoms. The van der Waals surface area contributed by atoms with E-state index < -0.39 is 0 Å². The Bertz CT molecular complexity index is 969. The van der Waals surface area contributed by atoms with Crippen LogP contribution >= 0.6 is 11.3 Å². The molecule has 0 unspecified atom stereocenters. The predicted molar refractivity (Wildman–Crippen MR) is 114 cm³/mol. The number of nitrogens with one attached hydrogen (secondary N) is 2. The number of aromatic nitrogens is 1. The Morgan fingerprint density at radius 3 is 2.93 bits per heavy atom. The molecule has 1 aliphatic heterocycles. The van der Waals surface area contributed by atoms with E-state index in [2.05, 4.69) is 47.4 Å². The number of thiophene rings is 1. The lowest BCUT2D eigenvalue weighted by Crippen LogP contribution is -2.31. The number of carbonyl (C=O) groups is 1. The molecule has 1 aromatic carbocycles. The summed E-state index contributed by atoms with van der Waals surface area (Å²) in [5, 5.41) is 6.10. The smallest absolute Gasteiger partial charge is 0.265 e. The van der Waals surface area contributed by atoms with Crippen molar-refractivity contribution in [2.45, 2.75) is 20.3 Å². The first kappa shape index (κ1) is 18.0. The quantitative estimate of drug-likeness (QED) is 0.638. The van der Waals surface area contributed by atoms with E-state index in [1.54, 1.807) is 0 Å². The zero-order valence-corrected chi connectivity index (χ0v) is 16.6. The molecule has 0 saturated carbocycles. The van der Waals surface area contributed by atoms with Gasteiger partial charge in [-0.05, 0) is 47.6 Å². The summed E-state index contributed by atoms with van der Waals surface area (Å²) >= 11 is 1.45. The summed E-state index contributed by atoms with van der Waals surface area (Å²) in [6, 6.07) is 9.81. The number of amides is 1. The Kier molecular flexibility index (Phi) is 5.14. The van der Waals surface area contributed by atoms with Crippen LogP contribution in [0.5, 0.6) is 0 Å². The second kappa shape index (κ2) is 7.71. The molecule has 0 atom stereocenters. The van der Waals surface area contributed by atoms with Gasteiger partial charge in [0, 0.05) is 48.0 Å². The fourth-order valence-electron chi connectivity index (χ4n) is 3.70. The Labute approximate surface area is 163 Å². The average Bonchev–Trinajstić information content (AvgIpc) is 3.32. The number of benzene rings is 1. The topological polar surface area (TPSA) is 48.1 Å². The van der Waals surface area contributed by atoms with Crippen LogP contribution in [-0.4, -0.2) is 35.4 Å². The number of carbonyl (C=O) groups excluding carboxylic acids is 1. The van der Waals surface area contributed by atoms with Crippen molar-refractivity contribution in [3.8, 4) is 0 Å². The van der Waals surface area contributed by atoms with Gasteiger partial charge in [0.2, 0.25) is 0 Å². The largest absolute Gasteiger partial charge is 0.361 e. The number of nitrogens with zero attached hydrogens (tertiary/aromatic N) is 1. The predicted octanol–water partition coefficient (Wildman–Crippen LogP) is 5.23. The maximum Gasteiger partial charge on any atom is 0.265 e. The zero-order valence-electron chi connectivity index (χ0n) is 15.8. The highest BCUT2D eigenvalue weighted by atomic mass is 32.1. The van der Waals surface area contributed by atoms with Crippen LogP contribution in [0.2, 0.25) is 0 Å². The van der Waals surface area contributed by atoms with E-state index in [4.69, 9.17) is 0 Å². The summed E-state index contributed by atoms with van der Waals surface area (Å²) in [7, 11) is 0. The Balaban J connectivity index is 1.56. The molecule has 1 amide bonds. The summed E-state index contributed by atoms with van der Waals surface area (Å²) in [4.78, 5) is 18.9. The van der Waals surface area contributed by atoms with E-state index in [9.17, 15) is 4.79 Å². The molecule has 3 aromatic rings. The van der Waals surface area contributed by atoms with Crippen LogP contribution in [0.15, 0.2) is 48.0 Å². The van der Waals surface area contributed by atoms with Crippen molar-refractivity contribution in [2.24, 2.45) is 5.92 Å². The van der Waals surface area contributed by atoms with Gasteiger partial charge in [-0.3, -0.25) is 9.69 Å². The molecule has 2 N–H and O–H groups in total. The molecule has 0 fully saturated rings. The fraction of sp³-hybridized carbons (Fsp3) is 0.318. The van der Waals surface area contributed by atoms with E-state index in [0.717, 1.165) is 42.1 Å². The lowest BCUT2D eigenvalue weighted by Gasteiger charge is -2.27. The molecule has 0 aliphatic carbocycles. The number of fused-ring (bicyclic) bond motifs is 1. The standard InChI is InChI=1S/C22H25N3OS/c1-15(2)14-25-9-7-16(8-10-25)19-13-23-20-6-5-17(12-18(19)20)24-22(26)21-4-3-11-27-21/h3-7,11-13,15,23H,8-10,14H2,1-2H3,(H,24,26). The van der Waals surface area contributed by atoms with Gasteiger partial charge in [0.05, 0.1) is 4.88 Å². The molecule has 3 heterocycles. The van der Waals surface area contributed by atoms with Crippen molar-refractivity contribution < 1.29 is 4.79 Å². The van der Waals surface area contributed by atoms with Gasteiger partial charge < -0.3 is 10.3 Å². The second-order valence-electron chi connectivity index (χ2n) is 7.53. The average molecular weight is 380 g/mol. The summed E-state index contributed by atoms with van der Waals surface area (Å²) in [6.45, 7) is 7.80. The van der Waals surface area contributed by atoms with Gasteiger partial charge in [0.1, 0.15) is 0 Å². The van der Waals surface area contributed by atoms with Crippen molar-refractivity contribution in [3.05, 3.63) is 58.4 Å². The lowest BCUT2D eigenvalue weighted by molar-refractivity contribution is 0.103. The third-order valence-corrected chi connectivity index (χ3v) is 5.82. The zero-order chi connectivity index (χ0) is 18.8. The number of hydrogen-bond acceptors (Lipinski definition) is 3. The molecule has 140 valence electrons. The van der Waals surface area contributed by atoms with Crippen LogP contribution < -0.4 is 5.32 Å². The van der Waals surface area contributed by atoms with Gasteiger partial charge in [-0.1, -0.05) is 26.0 Å². The van der Waals surface area contributed by atoms with Crippen molar-refractivity contribution in [3.63, 3.8) is 0 Å². The van der Waals surface area contributed by atoms with Gasteiger partial charge in [0.15, 0.2) is 0 Å². The number of H-pyrrole nitrogens is 1. The van der Waals surface area contributed by atoms with Crippen molar-refractivity contribution in [1.29, 1.82) is 0 Å². The van der Waals surface area contributed by atoms with E-state index in [1.165, 1.54) is 27.9 Å². The molecular formula is C22H25N3OS. The van der Waals surface area contributed by atoms with Crippen LogP contribution in [0.1, 0.15) is 35.5 Å². The van der Waals surface area contributed by atoms with E-state index in [0.29, 0.717) is 5.92 Å². The normalized spacial score (nSPS) is 15.3. The van der Waals surface area contributed by atoms with Crippen molar-refractivity contribution >= 4 is 39.4 Å². The second-order valence-corrected chi connectivity index (χ2v) is 8.47. The number of anilines is 1.